The predicted octanol–water partition coefficient (Wildman–Crippen LogP) is -0.586. The monoisotopic (exact) mass is 278 g/mol. The van der Waals surface area contributed by atoms with Crippen molar-refractivity contribution in [1.82, 2.24) is 4.72 Å². The SMILES string of the molecule is COCC(O)CCNS(=O)(=O)c1ccc(CN)o1. The first-order chi connectivity index (χ1) is 8.49. The van der Waals surface area contributed by atoms with Gasteiger partial charge in [0.05, 0.1) is 19.3 Å². The van der Waals surface area contributed by atoms with E-state index in [1.54, 1.807) is 0 Å². The van der Waals surface area contributed by atoms with Gasteiger partial charge in [-0.3, -0.25) is 0 Å². The Morgan fingerprint density at radius 1 is 1.56 bits per heavy atom. The lowest BCUT2D eigenvalue weighted by Gasteiger charge is -2.09. The maximum absolute atomic E-state index is 11.7. The molecule has 1 rings (SSSR count). The zero-order chi connectivity index (χ0) is 13.6. The second-order valence-electron chi connectivity index (χ2n) is 3.72. The zero-order valence-corrected chi connectivity index (χ0v) is 10.9. The zero-order valence-electron chi connectivity index (χ0n) is 10.1. The standard InChI is InChI=1S/C10H18N2O5S/c1-16-7-8(13)4-5-12-18(14,15)10-3-2-9(6-11)17-10/h2-3,8,12-13H,4-7,11H2,1H3. The Labute approximate surface area is 106 Å². The molecule has 104 valence electrons. The van der Waals surface area contributed by atoms with Gasteiger partial charge in [-0.15, -0.1) is 0 Å². The van der Waals surface area contributed by atoms with Crippen LogP contribution in [0.5, 0.6) is 0 Å². The van der Waals surface area contributed by atoms with Crippen molar-refractivity contribution in [3.63, 3.8) is 0 Å². The molecule has 0 bridgehead atoms. The average Bonchev–Trinajstić information content (AvgIpc) is 2.78. The fraction of sp³-hybridized carbons (Fsp3) is 0.600. The number of rotatable bonds is 8. The minimum atomic E-state index is -3.68. The maximum Gasteiger partial charge on any atom is 0.273 e. The summed E-state index contributed by atoms with van der Waals surface area (Å²) >= 11 is 0. The van der Waals surface area contributed by atoms with Crippen LogP contribution >= 0.6 is 0 Å². The molecule has 8 heteroatoms. The van der Waals surface area contributed by atoms with Crippen LogP contribution < -0.4 is 10.5 Å². The van der Waals surface area contributed by atoms with E-state index in [0.717, 1.165) is 0 Å². The van der Waals surface area contributed by atoms with Gasteiger partial charge in [0.15, 0.2) is 0 Å². The molecule has 1 aromatic rings. The fourth-order valence-electron chi connectivity index (χ4n) is 1.32. The Hall–Kier alpha value is -0.930. The van der Waals surface area contributed by atoms with Crippen molar-refractivity contribution in [2.45, 2.75) is 24.2 Å². The molecular formula is C10H18N2O5S. The number of nitrogens with two attached hydrogens (primary N) is 1. The number of sulfonamides is 1. The number of nitrogens with one attached hydrogen (secondary N) is 1. The molecular weight excluding hydrogens is 260 g/mol. The van der Waals surface area contributed by atoms with Gasteiger partial charge in [-0.2, -0.15) is 0 Å². The van der Waals surface area contributed by atoms with E-state index < -0.39 is 16.1 Å². The summed E-state index contributed by atoms with van der Waals surface area (Å²) in [5.41, 5.74) is 5.32. The first kappa shape index (κ1) is 15.1. The molecule has 7 nitrogen and oxygen atoms in total. The van der Waals surface area contributed by atoms with Crippen LogP contribution in [0, 0.1) is 0 Å². The highest BCUT2D eigenvalue weighted by atomic mass is 32.2. The topological polar surface area (TPSA) is 115 Å². The summed E-state index contributed by atoms with van der Waals surface area (Å²) in [5, 5.41) is 9.18. The smallest absolute Gasteiger partial charge is 0.273 e. The summed E-state index contributed by atoms with van der Waals surface area (Å²) < 4.78 is 35.6. The van der Waals surface area contributed by atoms with Crippen LogP contribution in [0.1, 0.15) is 12.2 Å². The molecule has 0 aliphatic rings. The quantitative estimate of drug-likeness (QED) is 0.585. The molecule has 1 heterocycles. The Bertz CT molecular complexity index is 457. The lowest BCUT2D eigenvalue weighted by Crippen LogP contribution is -2.28. The van der Waals surface area contributed by atoms with Crippen LogP contribution in [-0.4, -0.2) is 39.9 Å². The second kappa shape index (κ2) is 6.86. The molecule has 0 saturated carbocycles. The van der Waals surface area contributed by atoms with Gasteiger partial charge < -0.3 is 20.0 Å². The lowest BCUT2D eigenvalue weighted by atomic mass is 10.3. The molecule has 1 atom stereocenters. The van der Waals surface area contributed by atoms with Gasteiger partial charge in [0.25, 0.3) is 10.0 Å². The van der Waals surface area contributed by atoms with E-state index in [4.69, 9.17) is 14.9 Å². The van der Waals surface area contributed by atoms with Crippen molar-refractivity contribution in [3.05, 3.63) is 17.9 Å². The first-order valence-electron chi connectivity index (χ1n) is 5.45. The molecule has 4 N–H and O–H groups in total. The number of ether oxygens (including phenoxy) is 1. The third kappa shape index (κ3) is 4.39. The molecule has 1 unspecified atom stereocenters. The van der Waals surface area contributed by atoms with Crippen LogP contribution in [0.2, 0.25) is 0 Å². The van der Waals surface area contributed by atoms with Crippen molar-refractivity contribution in [2.75, 3.05) is 20.3 Å². The molecule has 0 radical (unpaired) electrons. The minimum absolute atomic E-state index is 0.103. The highest BCUT2D eigenvalue weighted by Crippen LogP contribution is 2.13. The molecule has 0 fully saturated rings. The third-order valence-electron chi connectivity index (χ3n) is 2.23. The Kier molecular flexibility index (Phi) is 5.76. The fourth-order valence-corrected chi connectivity index (χ4v) is 2.31. The minimum Gasteiger partial charge on any atom is -0.447 e. The molecule has 0 amide bonds. The summed E-state index contributed by atoms with van der Waals surface area (Å²) in [6.07, 6.45) is -0.439. The largest absolute Gasteiger partial charge is 0.447 e. The van der Waals surface area contributed by atoms with Crippen LogP contribution in [0.15, 0.2) is 21.6 Å². The van der Waals surface area contributed by atoms with Crippen molar-refractivity contribution in [3.8, 4) is 0 Å². The molecule has 0 aliphatic heterocycles. The molecule has 1 aromatic heterocycles. The Morgan fingerprint density at radius 2 is 2.28 bits per heavy atom. The van der Waals surface area contributed by atoms with E-state index >= 15 is 0 Å². The van der Waals surface area contributed by atoms with Crippen molar-refractivity contribution in [2.24, 2.45) is 5.73 Å². The van der Waals surface area contributed by atoms with Crippen LogP contribution in [0.3, 0.4) is 0 Å². The summed E-state index contributed by atoms with van der Waals surface area (Å²) in [6, 6.07) is 2.85. The number of aliphatic hydroxyl groups is 1. The first-order valence-corrected chi connectivity index (χ1v) is 6.93. The van der Waals surface area contributed by atoms with E-state index in [1.165, 1.54) is 19.2 Å². The van der Waals surface area contributed by atoms with E-state index in [0.29, 0.717) is 5.76 Å². The molecule has 0 aromatic carbocycles. The van der Waals surface area contributed by atoms with Gasteiger partial charge in [0.1, 0.15) is 5.76 Å². The number of methoxy groups -OCH3 is 1. The van der Waals surface area contributed by atoms with Gasteiger partial charge >= 0.3 is 0 Å². The summed E-state index contributed by atoms with van der Waals surface area (Å²) in [6.45, 7) is 0.410. The van der Waals surface area contributed by atoms with E-state index in [1.807, 2.05) is 0 Å². The van der Waals surface area contributed by atoms with E-state index in [2.05, 4.69) is 4.72 Å². The van der Waals surface area contributed by atoms with Gasteiger partial charge in [0, 0.05) is 13.7 Å². The predicted molar refractivity (Wildman–Crippen MR) is 64.3 cm³/mol. The third-order valence-corrected chi connectivity index (χ3v) is 3.57. The number of hydrogen-bond acceptors (Lipinski definition) is 6. The van der Waals surface area contributed by atoms with Gasteiger partial charge in [-0.1, -0.05) is 0 Å². The van der Waals surface area contributed by atoms with Gasteiger partial charge in [0.2, 0.25) is 5.09 Å². The lowest BCUT2D eigenvalue weighted by molar-refractivity contribution is 0.0603. The van der Waals surface area contributed by atoms with Crippen LogP contribution in [0.4, 0.5) is 0 Å². The number of furan rings is 1. The summed E-state index contributed by atoms with van der Waals surface area (Å²) in [7, 11) is -2.22. The average molecular weight is 278 g/mol. The van der Waals surface area contributed by atoms with Gasteiger partial charge in [-0.05, 0) is 18.6 Å². The molecule has 0 aliphatic carbocycles. The second-order valence-corrected chi connectivity index (χ2v) is 5.42. The van der Waals surface area contributed by atoms with E-state index in [9.17, 15) is 13.5 Å². The molecule has 0 spiro atoms. The van der Waals surface area contributed by atoms with Crippen LogP contribution in [-0.2, 0) is 21.3 Å². The number of hydrogen-bond donors (Lipinski definition) is 3. The van der Waals surface area contributed by atoms with Crippen molar-refractivity contribution < 1.29 is 22.7 Å². The van der Waals surface area contributed by atoms with Crippen molar-refractivity contribution >= 4 is 10.0 Å². The number of aliphatic hydroxyl groups excluding tert-OH is 1. The summed E-state index contributed by atoms with van der Waals surface area (Å²) in [5.74, 6) is 0.398. The van der Waals surface area contributed by atoms with E-state index in [-0.39, 0.29) is 31.2 Å². The maximum atomic E-state index is 11.7. The van der Waals surface area contributed by atoms with Crippen molar-refractivity contribution in [1.29, 1.82) is 0 Å². The molecule has 0 saturated heterocycles. The highest BCUT2D eigenvalue weighted by molar-refractivity contribution is 7.89. The Morgan fingerprint density at radius 3 is 2.83 bits per heavy atom. The van der Waals surface area contributed by atoms with Gasteiger partial charge in [-0.25, -0.2) is 13.1 Å². The molecule has 18 heavy (non-hydrogen) atoms. The van der Waals surface area contributed by atoms with Crippen LogP contribution in [0.25, 0.3) is 0 Å². The highest BCUT2D eigenvalue weighted by Gasteiger charge is 2.18. The summed E-state index contributed by atoms with van der Waals surface area (Å²) in [4.78, 5) is 0. The normalized spacial score (nSPS) is 13.7. The Balaban J connectivity index is 2.50.